The predicted molar refractivity (Wildman–Crippen MR) is 110 cm³/mol. The maximum Gasteiger partial charge on any atom is 0.287 e. The second-order valence-corrected chi connectivity index (χ2v) is 8.97. The Balaban J connectivity index is 1.26. The fourth-order valence-electron chi connectivity index (χ4n) is 5.63. The van der Waals surface area contributed by atoms with Crippen molar-refractivity contribution in [3.8, 4) is 0 Å². The molecule has 1 unspecified atom stereocenters. The van der Waals surface area contributed by atoms with Crippen molar-refractivity contribution in [3.05, 3.63) is 47.4 Å². The summed E-state index contributed by atoms with van der Waals surface area (Å²) in [5.41, 5.74) is 2.51. The maximum atomic E-state index is 12.2. The van der Waals surface area contributed by atoms with Crippen LogP contribution in [0.4, 0.5) is 0 Å². The Labute approximate surface area is 172 Å². The van der Waals surface area contributed by atoms with E-state index in [1.54, 1.807) is 12.1 Å². The van der Waals surface area contributed by atoms with Gasteiger partial charge in [0.15, 0.2) is 5.76 Å². The lowest BCUT2D eigenvalue weighted by molar-refractivity contribution is 0.0287. The molecule has 5 heterocycles. The summed E-state index contributed by atoms with van der Waals surface area (Å²) in [6, 6.07) is 6.16. The van der Waals surface area contributed by atoms with Gasteiger partial charge in [-0.15, -0.1) is 0 Å². The lowest BCUT2D eigenvalue weighted by atomic mass is 9.74. The molecule has 0 spiro atoms. The van der Waals surface area contributed by atoms with E-state index < -0.39 is 0 Å². The van der Waals surface area contributed by atoms with Crippen LogP contribution in [0.25, 0.3) is 0 Å². The van der Waals surface area contributed by atoms with E-state index in [-0.39, 0.29) is 5.91 Å². The molecule has 6 nitrogen and oxygen atoms in total. The topological polar surface area (TPSA) is 71.3 Å². The van der Waals surface area contributed by atoms with Gasteiger partial charge in [-0.25, -0.2) is 9.97 Å². The summed E-state index contributed by atoms with van der Waals surface area (Å²) in [5, 5.41) is 3.05. The quantitative estimate of drug-likeness (QED) is 0.838. The Bertz CT molecular complexity index is 860. The van der Waals surface area contributed by atoms with Crippen LogP contribution in [0.15, 0.2) is 28.9 Å². The molecule has 4 atom stereocenters. The van der Waals surface area contributed by atoms with Crippen molar-refractivity contribution in [2.24, 2.45) is 5.92 Å². The van der Waals surface area contributed by atoms with Gasteiger partial charge in [0, 0.05) is 42.4 Å². The van der Waals surface area contributed by atoms with Gasteiger partial charge in [-0.2, -0.15) is 0 Å². The van der Waals surface area contributed by atoms with Gasteiger partial charge in [-0.1, -0.05) is 12.8 Å². The van der Waals surface area contributed by atoms with Crippen LogP contribution in [-0.2, 0) is 0 Å². The molecule has 0 aromatic carbocycles. The second-order valence-electron chi connectivity index (χ2n) is 8.97. The highest BCUT2D eigenvalue weighted by atomic mass is 16.3. The van der Waals surface area contributed by atoms with E-state index in [1.165, 1.54) is 49.8 Å². The number of carbonyl (C=O) groups is 1. The number of carbonyl (C=O) groups excluding carboxylic acids is 1. The maximum absolute atomic E-state index is 12.2. The molecule has 3 saturated heterocycles. The highest BCUT2D eigenvalue weighted by Crippen LogP contribution is 2.42. The fraction of sp³-hybridized carbons (Fsp3) is 0.609. The molecule has 1 N–H and O–H groups in total. The van der Waals surface area contributed by atoms with Gasteiger partial charge in [0.2, 0.25) is 0 Å². The summed E-state index contributed by atoms with van der Waals surface area (Å²) in [6.07, 6.45) is 9.07. The van der Waals surface area contributed by atoms with Gasteiger partial charge in [-0.05, 0) is 63.3 Å². The predicted octanol–water partition coefficient (Wildman–Crippen LogP) is 3.64. The van der Waals surface area contributed by atoms with Crippen LogP contribution in [0, 0.1) is 12.8 Å². The first-order valence-electron chi connectivity index (χ1n) is 11.1. The van der Waals surface area contributed by atoms with E-state index in [0.717, 1.165) is 25.3 Å². The molecule has 29 heavy (non-hydrogen) atoms. The number of fused-ring (bicyclic) bond motifs is 3. The normalized spacial score (nSPS) is 29.3. The number of hydrogen-bond donors (Lipinski definition) is 1. The first-order chi connectivity index (χ1) is 14.2. The zero-order chi connectivity index (χ0) is 19.8. The summed E-state index contributed by atoms with van der Waals surface area (Å²) < 4.78 is 5.20. The van der Waals surface area contributed by atoms with Crippen LogP contribution in [0.1, 0.15) is 78.1 Å². The molecule has 2 aromatic heterocycles. The van der Waals surface area contributed by atoms with Gasteiger partial charge < -0.3 is 9.73 Å². The van der Waals surface area contributed by atoms with E-state index in [1.807, 2.05) is 6.92 Å². The Hall–Kier alpha value is -2.21. The minimum absolute atomic E-state index is 0.123. The molecule has 6 rings (SSSR count). The summed E-state index contributed by atoms with van der Waals surface area (Å²) in [5.74, 6) is 2.93. The molecule has 6 heteroatoms. The van der Waals surface area contributed by atoms with Crippen molar-refractivity contribution in [1.82, 2.24) is 20.2 Å². The van der Waals surface area contributed by atoms with Crippen LogP contribution < -0.4 is 5.32 Å². The lowest BCUT2D eigenvalue weighted by Gasteiger charge is -2.49. The first kappa shape index (κ1) is 18.8. The number of aryl methyl sites for hydroxylation is 1. The number of nitrogens with zero attached hydrogens (tertiary/aromatic N) is 3. The minimum Gasteiger partial charge on any atom is -0.459 e. The third kappa shape index (κ3) is 3.82. The smallest absolute Gasteiger partial charge is 0.287 e. The zero-order valence-electron chi connectivity index (χ0n) is 17.1. The number of rotatable bonds is 5. The Morgan fingerprint density at radius 3 is 2.79 bits per heavy atom. The van der Waals surface area contributed by atoms with Crippen LogP contribution in [0.3, 0.4) is 0 Å². The van der Waals surface area contributed by atoms with Crippen molar-refractivity contribution < 1.29 is 9.21 Å². The number of piperidine rings is 3. The number of aromatic nitrogens is 2. The summed E-state index contributed by atoms with van der Waals surface area (Å²) in [7, 11) is 0. The molecule has 154 valence electrons. The highest BCUT2D eigenvalue weighted by molar-refractivity contribution is 5.91. The monoisotopic (exact) mass is 394 g/mol. The number of furan rings is 1. The molecule has 2 aromatic rings. The summed E-state index contributed by atoms with van der Waals surface area (Å²) in [6.45, 7) is 4.86. The average molecular weight is 395 g/mol. The van der Waals surface area contributed by atoms with E-state index >= 15 is 0 Å². The largest absolute Gasteiger partial charge is 0.459 e. The van der Waals surface area contributed by atoms with Gasteiger partial charge in [0.1, 0.15) is 5.82 Å². The number of amides is 1. The molecule has 0 radical (unpaired) electrons. The second kappa shape index (κ2) is 7.90. The minimum atomic E-state index is -0.123. The highest BCUT2D eigenvalue weighted by Gasteiger charge is 2.41. The van der Waals surface area contributed by atoms with Crippen molar-refractivity contribution in [1.29, 1.82) is 0 Å². The average Bonchev–Trinajstić information content (AvgIpc) is 3.46. The third-order valence-corrected chi connectivity index (χ3v) is 7.15. The standard InChI is InChI=1S/C23H30N4O2/c1-15-25-20(16-5-2-3-6-16)12-21(26-15)19-14-27-9-8-17(19)11-18(27)13-24-23(28)22-7-4-10-29-22/h4,7,10,12,16-19H,2-3,5-6,8-9,11,13-14H2,1H3,(H,24,28)/t17-,18+,19-/m0/s1. The molecule has 2 bridgehead atoms. The summed E-state index contributed by atoms with van der Waals surface area (Å²) in [4.78, 5) is 24.4. The lowest BCUT2D eigenvalue weighted by Crippen LogP contribution is -2.56. The molecule has 4 fully saturated rings. The molecular weight excluding hydrogens is 364 g/mol. The number of nitrogens with one attached hydrogen (secondary N) is 1. The third-order valence-electron chi connectivity index (χ3n) is 7.15. The van der Waals surface area contributed by atoms with Crippen LogP contribution in [0.5, 0.6) is 0 Å². The van der Waals surface area contributed by atoms with Gasteiger partial charge in [0.25, 0.3) is 5.91 Å². The molecule has 1 saturated carbocycles. The summed E-state index contributed by atoms with van der Waals surface area (Å²) >= 11 is 0. The fourth-order valence-corrected chi connectivity index (χ4v) is 5.63. The van der Waals surface area contributed by atoms with E-state index in [9.17, 15) is 4.79 Å². The van der Waals surface area contributed by atoms with Gasteiger partial charge in [-0.3, -0.25) is 9.69 Å². The van der Waals surface area contributed by atoms with Crippen LogP contribution in [0.2, 0.25) is 0 Å². The van der Waals surface area contributed by atoms with Crippen LogP contribution in [-0.4, -0.2) is 46.5 Å². The van der Waals surface area contributed by atoms with Gasteiger partial charge in [0.05, 0.1) is 6.26 Å². The SMILES string of the molecule is Cc1nc(C2CCCC2)cc([C@H]2CN3CC[C@H]2C[C@@H]3CNC(=O)c2ccco2)n1. The molecule has 4 aliphatic rings. The Kier molecular flexibility index (Phi) is 5.12. The molecule has 3 aliphatic heterocycles. The van der Waals surface area contributed by atoms with Crippen molar-refractivity contribution >= 4 is 5.91 Å². The van der Waals surface area contributed by atoms with Crippen LogP contribution >= 0.6 is 0 Å². The van der Waals surface area contributed by atoms with E-state index in [2.05, 4.69) is 16.3 Å². The number of hydrogen-bond acceptors (Lipinski definition) is 5. The van der Waals surface area contributed by atoms with Crippen molar-refractivity contribution in [2.75, 3.05) is 19.6 Å². The molecule has 1 amide bonds. The van der Waals surface area contributed by atoms with E-state index in [0.29, 0.717) is 36.1 Å². The first-order valence-corrected chi connectivity index (χ1v) is 11.1. The van der Waals surface area contributed by atoms with Gasteiger partial charge >= 0.3 is 0 Å². The van der Waals surface area contributed by atoms with E-state index in [4.69, 9.17) is 14.4 Å². The van der Waals surface area contributed by atoms with Crippen molar-refractivity contribution in [2.45, 2.75) is 63.3 Å². The Morgan fingerprint density at radius 2 is 2.07 bits per heavy atom. The Morgan fingerprint density at radius 1 is 1.24 bits per heavy atom. The zero-order valence-corrected chi connectivity index (χ0v) is 17.1. The molecular formula is C23H30N4O2. The van der Waals surface area contributed by atoms with Crippen molar-refractivity contribution in [3.63, 3.8) is 0 Å². The molecule has 1 aliphatic carbocycles.